The molecule has 1 heterocycles. The van der Waals surface area contributed by atoms with Gasteiger partial charge in [0.25, 0.3) is 0 Å². The lowest BCUT2D eigenvalue weighted by molar-refractivity contribution is 0.244. The van der Waals surface area contributed by atoms with E-state index in [0.29, 0.717) is 17.5 Å². The molecule has 25 heavy (non-hydrogen) atoms. The van der Waals surface area contributed by atoms with Crippen LogP contribution in [-0.2, 0) is 0 Å². The lowest BCUT2D eigenvalue weighted by atomic mass is 10.3. The molecular weight excluding hydrogens is 319 g/mol. The summed E-state index contributed by atoms with van der Waals surface area (Å²) in [6.07, 6.45) is 1.66. The van der Waals surface area contributed by atoms with Crippen LogP contribution >= 0.6 is 0 Å². The number of benzene rings is 2. The maximum atomic E-state index is 13.7. The maximum absolute atomic E-state index is 13.7. The minimum atomic E-state index is -0.361. The van der Waals surface area contributed by atoms with E-state index >= 15 is 0 Å². The van der Waals surface area contributed by atoms with E-state index in [1.165, 1.54) is 6.07 Å². The Balaban J connectivity index is 1.80. The third-order valence-corrected chi connectivity index (χ3v) is 3.29. The predicted octanol–water partition coefficient (Wildman–Crippen LogP) is 4.89. The van der Waals surface area contributed by atoms with Gasteiger partial charge in [-0.15, -0.1) is 0 Å². The largest absolute Gasteiger partial charge is 0.489 e. The van der Waals surface area contributed by atoms with Crippen molar-refractivity contribution in [2.75, 3.05) is 10.6 Å². The van der Waals surface area contributed by atoms with E-state index in [2.05, 4.69) is 20.6 Å². The van der Waals surface area contributed by atoms with E-state index in [0.717, 1.165) is 11.4 Å². The SMILES string of the molecule is CC(C)Oc1ccccc1Nc1ccnc(Nc2ccccc2F)n1. The Bertz CT molecular complexity index is 854. The summed E-state index contributed by atoms with van der Waals surface area (Å²) in [5.74, 6) is 1.26. The Hall–Kier alpha value is -3.15. The second-order valence-corrected chi connectivity index (χ2v) is 5.66. The molecular formula is C19H19FN4O. The second-order valence-electron chi connectivity index (χ2n) is 5.66. The molecule has 1 aromatic heterocycles. The Morgan fingerprint density at radius 3 is 2.40 bits per heavy atom. The topological polar surface area (TPSA) is 59.1 Å². The standard InChI is InChI=1S/C19H19FN4O/c1-13(2)25-17-10-6-5-9-16(17)22-18-11-12-21-19(24-18)23-15-8-4-3-7-14(15)20/h3-13H,1-2H3,(H2,21,22,23,24). The Labute approximate surface area is 145 Å². The number of ether oxygens (including phenoxy) is 1. The van der Waals surface area contributed by atoms with Gasteiger partial charge >= 0.3 is 0 Å². The second kappa shape index (κ2) is 7.61. The zero-order valence-corrected chi connectivity index (χ0v) is 14.0. The van der Waals surface area contributed by atoms with Crippen molar-refractivity contribution in [1.82, 2.24) is 9.97 Å². The van der Waals surface area contributed by atoms with Crippen LogP contribution in [0.5, 0.6) is 5.75 Å². The van der Waals surface area contributed by atoms with Crippen LogP contribution in [0.2, 0.25) is 0 Å². The van der Waals surface area contributed by atoms with E-state index < -0.39 is 0 Å². The van der Waals surface area contributed by atoms with E-state index in [1.54, 1.807) is 30.5 Å². The van der Waals surface area contributed by atoms with Gasteiger partial charge < -0.3 is 15.4 Å². The molecule has 0 amide bonds. The van der Waals surface area contributed by atoms with Gasteiger partial charge in [-0.25, -0.2) is 9.37 Å². The van der Waals surface area contributed by atoms with Gasteiger partial charge in [-0.3, -0.25) is 0 Å². The van der Waals surface area contributed by atoms with Crippen molar-refractivity contribution in [3.8, 4) is 5.75 Å². The summed E-state index contributed by atoms with van der Waals surface area (Å²) in [5.41, 5.74) is 1.12. The molecule has 0 fully saturated rings. The number of para-hydroxylation sites is 3. The Kier molecular flexibility index (Phi) is 5.09. The van der Waals surface area contributed by atoms with Crippen LogP contribution in [0.4, 0.5) is 27.5 Å². The number of hydrogen-bond acceptors (Lipinski definition) is 5. The molecule has 0 aliphatic carbocycles. The first-order chi connectivity index (χ1) is 12.1. The highest BCUT2D eigenvalue weighted by Crippen LogP contribution is 2.28. The molecule has 0 saturated carbocycles. The number of nitrogens with one attached hydrogen (secondary N) is 2. The lowest BCUT2D eigenvalue weighted by Crippen LogP contribution is -2.08. The van der Waals surface area contributed by atoms with Crippen molar-refractivity contribution in [3.05, 3.63) is 66.6 Å². The predicted molar refractivity (Wildman–Crippen MR) is 97.2 cm³/mol. The number of aromatic nitrogens is 2. The molecule has 0 radical (unpaired) electrons. The summed E-state index contributed by atoms with van der Waals surface area (Å²) in [6.45, 7) is 3.94. The van der Waals surface area contributed by atoms with Crippen LogP contribution in [-0.4, -0.2) is 16.1 Å². The summed E-state index contributed by atoms with van der Waals surface area (Å²) >= 11 is 0. The first kappa shape index (κ1) is 16.7. The molecule has 128 valence electrons. The molecule has 5 nitrogen and oxygen atoms in total. The molecule has 0 atom stereocenters. The minimum Gasteiger partial charge on any atom is -0.489 e. The Morgan fingerprint density at radius 2 is 1.64 bits per heavy atom. The Morgan fingerprint density at radius 1 is 0.920 bits per heavy atom. The highest BCUT2D eigenvalue weighted by atomic mass is 19.1. The first-order valence-corrected chi connectivity index (χ1v) is 7.99. The minimum absolute atomic E-state index is 0.0617. The first-order valence-electron chi connectivity index (χ1n) is 7.99. The van der Waals surface area contributed by atoms with Gasteiger partial charge in [0, 0.05) is 6.20 Å². The van der Waals surface area contributed by atoms with Gasteiger partial charge in [0.1, 0.15) is 17.4 Å². The van der Waals surface area contributed by atoms with Gasteiger partial charge in [-0.05, 0) is 44.2 Å². The third kappa shape index (κ3) is 4.44. The van der Waals surface area contributed by atoms with Crippen LogP contribution in [0.25, 0.3) is 0 Å². The number of halogens is 1. The van der Waals surface area contributed by atoms with Crippen molar-refractivity contribution < 1.29 is 9.13 Å². The average Bonchev–Trinajstić information content (AvgIpc) is 2.59. The smallest absolute Gasteiger partial charge is 0.229 e. The summed E-state index contributed by atoms with van der Waals surface area (Å²) in [4.78, 5) is 8.50. The van der Waals surface area contributed by atoms with E-state index in [9.17, 15) is 4.39 Å². The van der Waals surface area contributed by atoms with Crippen molar-refractivity contribution in [3.63, 3.8) is 0 Å². The van der Waals surface area contributed by atoms with Gasteiger partial charge in [0.2, 0.25) is 5.95 Å². The summed E-state index contributed by atoms with van der Waals surface area (Å²) in [6, 6.07) is 15.7. The van der Waals surface area contributed by atoms with Crippen LogP contribution in [0.1, 0.15) is 13.8 Å². The third-order valence-electron chi connectivity index (χ3n) is 3.29. The van der Waals surface area contributed by atoms with Crippen molar-refractivity contribution in [1.29, 1.82) is 0 Å². The molecule has 0 saturated heterocycles. The lowest BCUT2D eigenvalue weighted by Gasteiger charge is -2.15. The van der Waals surface area contributed by atoms with Crippen LogP contribution in [0.3, 0.4) is 0 Å². The fourth-order valence-corrected chi connectivity index (χ4v) is 2.24. The average molecular weight is 338 g/mol. The molecule has 6 heteroatoms. The van der Waals surface area contributed by atoms with Gasteiger partial charge in [0.05, 0.1) is 17.5 Å². The highest BCUT2D eigenvalue weighted by molar-refractivity contribution is 5.65. The molecule has 0 aliphatic rings. The van der Waals surface area contributed by atoms with E-state index in [4.69, 9.17) is 4.74 Å². The van der Waals surface area contributed by atoms with Gasteiger partial charge in [0.15, 0.2) is 0 Å². The summed E-state index contributed by atoms with van der Waals surface area (Å²) in [5, 5.41) is 6.09. The van der Waals surface area contributed by atoms with Gasteiger partial charge in [-0.2, -0.15) is 4.98 Å². The van der Waals surface area contributed by atoms with E-state index in [1.807, 2.05) is 38.1 Å². The normalized spacial score (nSPS) is 10.6. The molecule has 0 unspecified atom stereocenters. The molecule has 0 aliphatic heterocycles. The van der Waals surface area contributed by atoms with Crippen molar-refractivity contribution in [2.24, 2.45) is 0 Å². The zero-order valence-electron chi connectivity index (χ0n) is 14.0. The van der Waals surface area contributed by atoms with Gasteiger partial charge in [-0.1, -0.05) is 24.3 Å². The number of nitrogens with zero attached hydrogens (tertiary/aromatic N) is 2. The monoisotopic (exact) mass is 338 g/mol. The highest BCUT2D eigenvalue weighted by Gasteiger charge is 2.08. The fourth-order valence-electron chi connectivity index (χ4n) is 2.24. The van der Waals surface area contributed by atoms with Crippen molar-refractivity contribution >= 4 is 23.1 Å². The summed E-state index contributed by atoms with van der Waals surface area (Å²) in [7, 11) is 0. The molecule has 2 N–H and O–H groups in total. The summed E-state index contributed by atoms with van der Waals surface area (Å²) < 4.78 is 19.5. The molecule has 0 bridgehead atoms. The van der Waals surface area contributed by atoms with Crippen molar-refractivity contribution in [2.45, 2.75) is 20.0 Å². The molecule has 0 spiro atoms. The number of hydrogen-bond donors (Lipinski definition) is 2. The van der Waals surface area contributed by atoms with Crippen LogP contribution in [0, 0.1) is 5.82 Å². The van der Waals surface area contributed by atoms with E-state index in [-0.39, 0.29) is 11.9 Å². The maximum Gasteiger partial charge on any atom is 0.229 e. The molecule has 3 aromatic rings. The van der Waals surface area contributed by atoms with Crippen LogP contribution in [0.15, 0.2) is 60.8 Å². The number of rotatable bonds is 6. The number of anilines is 4. The zero-order chi connectivity index (χ0) is 17.6. The molecule has 2 aromatic carbocycles. The fraction of sp³-hybridized carbons (Fsp3) is 0.158. The quantitative estimate of drug-likeness (QED) is 0.670. The van der Waals surface area contributed by atoms with Crippen LogP contribution < -0.4 is 15.4 Å². The molecule has 3 rings (SSSR count).